The number of carbonyl (C=O) groups excluding carboxylic acids is 2. The van der Waals surface area contributed by atoms with Crippen LogP contribution in [0.1, 0.15) is 21.5 Å². The number of carbonyl (C=O) groups is 2. The molecular weight excluding hydrogens is 376 g/mol. The van der Waals surface area contributed by atoms with Crippen LogP contribution in [0.3, 0.4) is 0 Å². The molecule has 28 heavy (non-hydrogen) atoms. The van der Waals surface area contributed by atoms with E-state index >= 15 is 0 Å². The highest BCUT2D eigenvalue weighted by atomic mass is 32.1. The van der Waals surface area contributed by atoms with Gasteiger partial charge in [-0.05, 0) is 30.7 Å². The van der Waals surface area contributed by atoms with Crippen molar-refractivity contribution < 1.29 is 19.1 Å². The van der Waals surface area contributed by atoms with Crippen molar-refractivity contribution in [3.63, 3.8) is 0 Å². The van der Waals surface area contributed by atoms with E-state index in [0.29, 0.717) is 22.7 Å². The highest BCUT2D eigenvalue weighted by Crippen LogP contribution is 2.13. The van der Waals surface area contributed by atoms with Crippen molar-refractivity contribution in [2.24, 2.45) is 4.99 Å². The van der Waals surface area contributed by atoms with Gasteiger partial charge in [-0.1, -0.05) is 35.9 Å². The number of rotatable bonds is 6. The first-order valence-corrected chi connectivity index (χ1v) is 9.51. The maximum absolute atomic E-state index is 12.1. The van der Waals surface area contributed by atoms with Gasteiger partial charge in [0.25, 0.3) is 5.91 Å². The fourth-order valence-corrected chi connectivity index (χ4v) is 3.24. The van der Waals surface area contributed by atoms with Crippen LogP contribution >= 0.6 is 11.3 Å². The molecule has 0 fully saturated rings. The first-order valence-electron chi connectivity index (χ1n) is 8.63. The van der Waals surface area contributed by atoms with Gasteiger partial charge in [-0.2, -0.15) is 4.99 Å². The number of ether oxygens (including phenoxy) is 2. The van der Waals surface area contributed by atoms with Crippen molar-refractivity contribution in [3.8, 4) is 5.75 Å². The summed E-state index contributed by atoms with van der Waals surface area (Å²) < 4.78 is 12.0. The highest BCUT2D eigenvalue weighted by Gasteiger charge is 2.11. The Balaban J connectivity index is 1.64. The summed E-state index contributed by atoms with van der Waals surface area (Å²) in [5, 5.41) is 1.86. The van der Waals surface area contributed by atoms with Crippen molar-refractivity contribution in [3.05, 3.63) is 81.6 Å². The quantitative estimate of drug-likeness (QED) is 0.600. The maximum atomic E-state index is 12.1. The first-order chi connectivity index (χ1) is 13.5. The van der Waals surface area contributed by atoms with E-state index in [0.717, 1.165) is 5.56 Å². The molecule has 0 bridgehead atoms. The molecule has 0 aliphatic rings. The second-order valence-corrected chi connectivity index (χ2v) is 6.99. The van der Waals surface area contributed by atoms with E-state index in [2.05, 4.69) is 4.99 Å². The van der Waals surface area contributed by atoms with Crippen LogP contribution in [0.5, 0.6) is 5.75 Å². The average molecular weight is 396 g/mol. The van der Waals surface area contributed by atoms with Crippen molar-refractivity contribution >= 4 is 23.2 Å². The number of methoxy groups -OCH3 is 1. The van der Waals surface area contributed by atoms with Gasteiger partial charge in [-0.25, -0.2) is 4.79 Å². The summed E-state index contributed by atoms with van der Waals surface area (Å²) in [5.41, 5.74) is 2.62. The minimum Gasteiger partial charge on any atom is -0.497 e. The molecule has 0 atom stereocenters. The largest absolute Gasteiger partial charge is 0.497 e. The molecule has 6 nitrogen and oxygen atoms in total. The Labute approximate surface area is 166 Å². The number of nitrogens with zero attached hydrogens (tertiary/aromatic N) is 2. The molecule has 144 valence electrons. The molecule has 3 rings (SSSR count). The molecule has 1 heterocycles. The maximum Gasteiger partial charge on any atom is 0.338 e. The molecule has 0 aliphatic carbocycles. The van der Waals surface area contributed by atoms with Crippen LogP contribution in [0.2, 0.25) is 0 Å². The molecule has 1 aromatic heterocycles. The molecular formula is C21H20N2O4S. The third-order valence-electron chi connectivity index (χ3n) is 3.99. The Morgan fingerprint density at radius 1 is 1.14 bits per heavy atom. The summed E-state index contributed by atoms with van der Waals surface area (Å²) in [6, 6.07) is 14.7. The Kier molecular flexibility index (Phi) is 6.39. The molecule has 1 amide bonds. The lowest BCUT2D eigenvalue weighted by molar-refractivity contribution is -0.121. The summed E-state index contributed by atoms with van der Waals surface area (Å²) in [4.78, 5) is 28.9. The van der Waals surface area contributed by atoms with Gasteiger partial charge >= 0.3 is 5.97 Å². The van der Waals surface area contributed by atoms with E-state index in [1.807, 2.05) is 47.3 Å². The number of hydrogen-bond donors (Lipinski definition) is 0. The number of esters is 1. The number of aryl methyl sites for hydroxylation is 1. The zero-order valence-corrected chi connectivity index (χ0v) is 16.4. The van der Waals surface area contributed by atoms with E-state index in [-0.39, 0.29) is 0 Å². The van der Waals surface area contributed by atoms with Gasteiger partial charge in [-0.15, -0.1) is 11.3 Å². The zero-order chi connectivity index (χ0) is 19.9. The van der Waals surface area contributed by atoms with Crippen LogP contribution in [0.4, 0.5) is 0 Å². The van der Waals surface area contributed by atoms with Gasteiger partial charge in [0.15, 0.2) is 11.4 Å². The predicted molar refractivity (Wildman–Crippen MR) is 106 cm³/mol. The molecule has 7 heteroatoms. The lowest BCUT2D eigenvalue weighted by atomic mass is 10.1. The lowest BCUT2D eigenvalue weighted by Crippen LogP contribution is -2.20. The molecule has 0 saturated heterocycles. The molecule has 3 aromatic rings. The summed E-state index contributed by atoms with van der Waals surface area (Å²) in [6.07, 6.45) is 1.87. The Hall–Kier alpha value is -3.19. The first kappa shape index (κ1) is 19.6. The van der Waals surface area contributed by atoms with E-state index < -0.39 is 18.5 Å². The van der Waals surface area contributed by atoms with E-state index in [9.17, 15) is 9.59 Å². The van der Waals surface area contributed by atoms with Crippen molar-refractivity contribution in [2.45, 2.75) is 13.5 Å². The molecule has 0 spiro atoms. The predicted octanol–water partition coefficient (Wildman–Crippen LogP) is 3.20. The van der Waals surface area contributed by atoms with Gasteiger partial charge < -0.3 is 14.0 Å². The minimum atomic E-state index is -0.596. The molecule has 2 aromatic carbocycles. The fourth-order valence-electron chi connectivity index (χ4n) is 2.50. The summed E-state index contributed by atoms with van der Waals surface area (Å²) in [5.74, 6) is -0.571. The Morgan fingerprint density at radius 2 is 1.93 bits per heavy atom. The van der Waals surface area contributed by atoms with Gasteiger partial charge in [0.2, 0.25) is 0 Å². The average Bonchev–Trinajstić information content (AvgIpc) is 3.14. The number of aromatic nitrogens is 1. The fraction of sp³-hybridized carbons (Fsp3) is 0.190. The second-order valence-electron chi connectivity index (χ2n) is 6.11. The minimum absolute atomic E-state index is 0.317. The van der Waals surface area contributed by atoms with Crippen molar-refractivity contribution in [1.82, 2.24) is 4.57 Å². The third kappa shape index (κ3) is 5.17. The Bertz CT molecular complexity index is 1030. The van der Waals surface area contributed by atoms with Crippen LogP contribution in [-0.4, -0.2) is 30.2 Å². The third-order valence-corrected chi connectivity index (χ3v) is 4.78. The second kappa shape index (κ2) is 9.14. The Morgan fingerprint density at radius 3 is 2.68 bits per heavy atom. The summed E-state index contributed by atoms with van der Waals surface area (Å²) in [7, 11) is 1.51. The van der Waals surface area contributed by atoms with Crippen LogP contribution in [0.15, 0.2) is 65.1 Å². The lowest BCUT2D eigenvalue weighted by Gasteiger charge is -2.05. The molecule has 0 unspecified atom stereocenters. The van der Waals surface area contributed by atoms with Crippen molar-refractivity contribution in [2.75, 3.05) is 13.7 Å². The van der Waals surface area contributed by atoms with Gasteiger partial charge in [-0.3, -0.25) is 4.79 Å². The summed E-state index contributed by atoms with van der Waals surface area (Å²) in [6.45, 7) is 2.23. The molecule has 0 aliphatic heterocycles. The van der Waals surface area contributed by atoms with E-state index in [1.54, 1.807) is 24.3 Å². The van der Waals surface area contributed by atoms with Gasteiger partial charge in [0.05, 0.1) is 12.7 Å². The number of amides is 1. The monoisotopic (exact) mass is 396 g/mol. The smallest absolute Gasteiger partial charge is 0.338 e. The normalized spacial score (nSPS) is 11.3. The zero-order valence-electron chi connectivity index (χ0n) is 15.6. The summed E-state index contributed by atoms with van der Waals surface area (Å²) >= 11 is 1.35. The molecule has 0 N–H and O–H groups in total. The van der Waals surface area contributed by atoms with E-state index in [1.165, 1.54) is 24.0 Å². The topological polar surface area (TPSA) is 69.9 Å². The standard InChI is InChI=1S/C21H20N2O4S/c1-15-6-8-16(9-7-15)13-23-10-11-28-21(23)22-19(24)14-27-20(25)17-4-3-5-18(12-17)26-2/h3-12H,13-14H2,1-2H3. The van der Waals surface area contributed by atoms with Crippen molar-refractivity contribution in [1.29, 1.82) is 0 Å². The van der Waals surface area contributed by atoms with Gasteiger partial charge in [0, 0.05) is 18.1 Å². The van der Waals surface area contributed by atoms with Gasteiger partial charge in [0.1, 0.15) is 5.75 Å². The number of hydrogen-bond acceptors (Lipinski definition) is 5. The molecule has 0 saturated carbocycles. The SMILES string of the molecule is COc1cccc(C(=O)OCC(=O)N=c2sccn2Cc2ccc(C)cc2)c1. The van der Waals surface area contributed by atoms with Crippen LogP contribution in [0.25, 0.3) is 0 Å². The van der Waals surface area contributed by atoms with Crippen LogP contribution in [-0.2, 0) is 16.1 Å². The number of thiazole rings is 1. The van der Waals surface area contributed by atoms with Crippen LogP contribution < -0.4 is 9.54 Å². The van der Waals surface area contributed by atoms with Crippen LogP contribution in [0, 0.1) is 6.92 Å². The number of benzene rings is 2. The highest BCUT2D eigenvalue weighted by molar-refractivity contribution is 7.07. The van der Waals surface area contributed by atoms with E-state index in [4.69, 9.17) is 9.47 Å². The molecule has 0 radical (unpaired) electrons.